The molecule has 424 valence electrons. The van der Waals surface area contributed by atoms with Crippen molar-refractivity contribution in [2.45, 2.75) is 56.7 Å². The Kier molecular flexibility index (Phi) is 42.4. The minimum absolute atomic E-state index is 0.117. The normalized spacial score (nSPS) is 11.3. The highest BCUT2D eigenvalue weighted by Gasteiger charge is 2.21. The van der Waals surface area contributed by atoms with Gasteiger partial charge in [0.15, 0.2) is 0 Å². The van der Waals surface area contributed by atoms with Gasteiger partial charge in [-0.05, 0) is 72.5 Å². The van der Waals surface area contributed by atoms with E-state index in [1.807, 2.05) is 5.32 Å². The summed E-state index contributed by atoms with van der Waals surface area (Å²) in [5.74, 6) is -1.38. The summed E-state index contributed by atoms with van der Waals surface area (Å²) < 4.78 is 0. The van der Waals surface area contributed by atoms with Crippen LogP contribution in [0.1, 0.15) is 36.0 Å². The summed E-state index contributed by atoms with van der Waals surface area (Å²) in [6, 6.07) is 15.0. The van der Waals surface area contributed by atoms with Crippen molar-refractivity contribution in [1.82, 2.24) is 21.0 Å². The van der Waals surface area contributed by atoms with Gasteiger partial charge in [0, 0.05) is 76.2 Å². The van der Waals surface area contributed by atoms with Crippen molar-refractivity contribution in [2.24, 2.45) is 51.9 Å². The average Bonchev–Trinajstić information content (AvgIpc) is 3.35. The summed E-state index contributed by atoms with van der Waals surface area (Å²) in [5.41, 5.74) is 53.2. The monoisotopic (exact) mass is 1070 g/mol. The van der Waals surface area contributed by atoms with Crippen LogP contribution in [0.5, 0.6) is 11.5 Å². The quantitative estimate of drug-likeness (QED) is 0.0117. The number of hydrogen-bond donors (Lipinski definition) is 21. The lowest BCUT2D eigenvalue weighted by atomic mass is 10.0. The summed E-state index contributed by atoms with van der Waals surface area (Å²) in [4.78, 5) is 77.1. The number of carbonyl (C=O) groups is 7. The first kappa shape index (κ1) is 72.0. The Labute approximate surface area is 434 Å². The van der Waals surface area contributed by atoms with Crippen LogP contribution in [0, 0.1) is 5.92 Å². The third-order valence-electron chi connectivity index (χ3n) is 9.38. The number of rotatable bonds is 26. The highest BCUT2D eigenvalue weighted by molar-refractivity contribution is 5.88. The Morgan fingerprint density at radius 3 is 1.37 bits per heavy atom. The van der Waals surface area contributed by atoms with E-state index in [1.54, 1.807) is 48.5 Å². The van der Waals surface area contributed by atoms with Gasteiger partial charge in [0.05, 0.1) is 25.4 Å². The Morgan fingerprint density at radius 2 is 1.03 bits per heavy atom. The Morgan fingerprint density at radius 1 is 0.560 bits per heavy atom. The average molecular weight is 1070 g/mol. The van der Waals surface area contributed by atoms with Crippen LogP contribution >= 0.6 is 0 Å². The summed E-state index contributed by atoms with van der Waals surface area (Å²) in [5, 5.41) is 72.2. The number of aliphatic hydroxyl groups excluding tert-OH is 2. The maximum absolute atomic E-state index is 12.2. The number of nitrogen functional groups attached to an aromatic ring is 2. The number of phenolic OH excluding ortho intramolecular Hbond substituents is 2. The molecule has 0 saturated heterocycles. The van der Waals surface area contributed by atoms with Crippen molar-refractivity contribution in [3.8, 4) is 11.5 Å². The molecule has 3 aromatic rings. The van der Waals surface area contributed by atoms with Crippen LogP contribution in [-0.4, -0.2) is 178 Å². The molecule has 29 nitrogen and oxygen atoms in total. The first-order valence-electron chi connectivity index (χ1n) is 23.0. The molecule has 0 aromatic heterocycles. The van der Waals surface area contributed by atoms with Crippen LogP contribution in [0.2, 0.25) is 0 Å². The number of aliphatic carboxylic acids is 4. The number of nitrogens with one attached hydrogen (secondary N) is 3. The molecular formula is C46H80N14O15. The van der Waals surface area contributed by atoms with Crippen molar-refractivity contribution < 1.29 is 74.4 Å². The number of amides is 3. The molecule has 0 spiro atoms. The fourth-order valence-corrected chi connectivity index (χ4v) is 5.44. The SMILES string of the molecule is NCC(CN)C(=O)O.NCCCCC(N)C(=O)O.NCCN(CCN)CCN.NNC(=O)C(Cc1ccc(N)cc1)NC(=O)Cc1ccc(N)cc1.O=C(CO)NC(CO)C(=O)O.O=C(O)Cc1cc(O)cc(O)c1. The van der Waals surface area contributed by atoms with Gasteiger partial charge >= 0.3 is 23.9 Å². The Bertz CT molecular complexity index is 2040. The van der Waals surface area contributed by atoms with E-state index in [-0.39, 0.29) is 43.3 Å². The standard InChI is InChI=1S/C17H21N5O2.C8H8O4.C6H18N4.C6H14N2O2.C5H9NO5.C4H10N2O2/c18-13-5-1-11(2-6-13)9-15(17(24)22-20)21-16(23)10-12-3-7-14(19)8-4-12;9-6-1-5(3-8(11)12)2-7(10)4-6;7-1-4-10(5-2-8)6-3-9;7-4-2-1-3-5(8)6(9)10;7-1-3(5(10)11)6-4(9)2-8;5-1-3(2-6)4(7)8/h1-8,15H,9-10,18-20H2,(H,21,23)(H,22,24);1-2,4,9-10H,3H2,(H,11,12);1-9H2;5H,1-4,7-8H2,(H,9,10);3,7-8H,1-2H2,(H,6,9)(H,10,11);3H,1-2,5-6H2,(H,7,8). The number of benzene rings is 3. The topological polar surface area (TPSA) is 581 Å². The van der Waals surface area contributed by atoms with Gasteiger partial charge in [-0.15, -0.1) is 0 Å². The summed E-state index contributed by atoms with van der Waals surface area (Å²) in [6.45, 7) is 4.09. The van der Waals surface area contributed by atoms with Gasteiger partial charge in [0.2, 0.25) is 11.8 Å². The highest BCUT2D eigenvalue weighted by atomic mass is 16.4. The zero-order valence-electron chi connectivity index (χ0n) is 41.8. The van der Waals surface area contributed by atoms with E-state index in [1.165, 1.54) is 12.1 Å². The van der Waals surface area contributed by atoms with Gasteiger partial charge in [-0.2, -0.15) is 0 Å². The predicted molar refractivity (Wildman–Crippen MR) is 280 cm³/mol. The molecule has 0 heterocycles. The second-order valence-corrected chi connectivity index (χ2v) is 15.7. The fourth-order valence-electron chi connectivity index (χ4n) is 5.44. The van der Waals surface area contributed by atoms with E-state index >= 15 is 0 Å². The van der Waals surface area contributed by atoms with E-state index < -0.39 is 72.9 Å². The number of carboxylic acids is 4. The van der Waals surface area contributed by atoms with Crippen LogP contribution in [0.3, 0.4) is 0 Å². The van der Waals surface area contributed by atoms with Gasteiger partial charge in [-0.1, -0.05) is 30.7 Å². The first-order valence-corrected chi connectivity index (χ1v) is 23.0. The van der Waals surface area contributed by atoms with E-state index in [0.29, 0.717) is 56.0 Å². The van der Waals surface area contributed by atoms with Crippen molar-refractivity contribution >= 4 is 53.0 Å². The van der Waals surface area contributed by atoms with E-state index in [9.17, 15) is 33.6 Å². The molecule has 3 aromatic carbocycles. The minimum atomic E-state index is -1.34. The van der Waals surface area contributed by atoms with Crippen LogP contribution in [0.15, 0.2) is 66.7 Å². The van der Waals surface area contributed by atoms with E-state index in [2.05, 4.69) is 15.6 Å². The molecule has 0 aliphatic carbocycles. The molecule has 0 fully saturated rings. The van der Waals surface area contributed by atoms with E-state index in [4.69, 9.17) is 98.3 Å². The highest BCUT2D eigenvalue weighted by Crippen LogP contribution is 2.20. The lowest BCUT2D eigenvalue weighted by molar-refractivity contribution is -0.143. The second-order valence-electron chi connectivity index (χ2n) is 15.7. The number of unbranched alkanes of at least 4 members (excludes halogenated alkanes) is 1. The number of aliphatic hydroxyl groups is 2. The molecule has 0 aliphatic rings. The number of hydrazine groups is 1. The van der Waals surface area contributed by atoms with Crippen LogP contribution in [0.25, 0.3) is 0 Å². The number of anilines is 2. The maximum atomic E-state index is 12.2. The number of nitrogens with two attached hydrogens (primary N) is 10. The third kappa shape index (κ3) is 38.9. The molecule has 3 amide bonds. The lowest BCUT2D eigenvalue weighted by Crippen LogP contribution is -2.50. The van der Waals surface area contributed by atoms with Gasteiger partial charge < -0.3 is 103 Å². The van der Waals surface area contributed by atoms with Crippen molar-refractivity contribution in [2.75, 3.05) is 83.6 Å². The van der Waals surface area contributed by atoms with Crippen molar-refractivity contribution in [3.05, 3.63) is 83.4 Å². The molecule has 0 aliphatic heterocycles. The molecule has 31 N–H and O–H groups in total. The summed E-state index contributed by atoms with van der Waals surface area (Å²) in [7, 11) is 0. The number of phenols is 2. The molecule has 29 heteroatoms. The van der Waals surface area contributed by atoms with Gasteiger partial charge in [0.25, 0.3) is 5.91 Å². The van der Waals surface area contributed by atoms with Crippen molar-refractivity contribution in [3.63, 3.8) is 0 Å². The lowest BCUT2D eigenvalue weighted by Gasteiger charge is -2.18. The number of aromatic hydroxyl groups is 2. The Balaban J connectivity index is -0.000000877. The smallest absolute Gasteiger partial charge is 0.328 e. The first-order chi connectivity index (χ1) is 35.4. The van der Waals surface area contributed by atoms with Crippen LogP contribution in [-0.2, 0) is 52.8 Å². The van der Waals surface area contributed by atoms with Gasteiger partial charge in [-0.3, -0.25) is 39.1 Å². The molecule has 3 unspecified atom stereocenters. The molecule has 0 radical (unpaired) electrons. The molecule has 75 heavy (non-hydrogen) atoms. The van der Waals surface area contributed by atoms with Crippen LogP contribution in [0.4, 0.5) is 11.4 Å². The number of hydrogen-bond acceptors (Lipinski definition) is 22. The molecular weight excluding hydrogens is 989 g/mol. The summed E-state index contributed by atoms with van der Waals surface area (Å²) in [6.07, 6.45) is 2.42. The summed E-state index contributed by atoms with van der Waals surface area (Å²) >= 11 is 0. The van der Waals surface area contributed by atoms with Gasteiger partial charge in [-0.25, -0.2) is 10.6 Å². The van der Waals surface area contributed by atoms with Crippen LogP contribution < -0.4 is 73.5 Å². The molecule has 0 bridgehead atoms. The second kappa shape index (κ2) is 44.2. The fraction of sp³-hybridized carbons (Fsp3) is 0.457. The maximum Gasteiger partial charge on any atom is 0.328 e. The number of carbonyl (C=O) groups excluding carboxylic acids is 3. The molecule has 0 saturated carbocycles. The number of carboxylic acid groups (broad SMARTS) is 4. The molecule has 3 atom stereocenters. The van der Waals surface area contributed by atoms with Gasteiger partial charge in [0.1, 0.15) is 36.2 Å². The zero-order chi connectivity index (χ0) is 57.9. The number of nitrogens with zero attached hydrogens (tertiary/aromatic N) is 1. The largest absolute Gasteiger partial charge is 0.508 e. The van der Waals surface area contributed by atoms with E-state index in [0.717, 1.165) is 49.7 Å². The minimum Gasteiger partial charge on any atom is -0.508 e. The molecule has 3 rings (SSSR count). The Hall–Kier alpha value is -7.29. The zero-order valence-corrected chi connectivity index (χ0v) is 41.8. The predicted octanol–water partition coefficient (Wildman–Crippen LogP) is -5.33. The third-order valence-corrected chi connectivity index (χ3v) is 9.38. The van der Waals surface area contributed by atoms with Crippen molar-refractivity contribution in [1.29, 1.82) is 0 Å².